The fourth-order valence-electron chi connectivity index (χ4n) is 2.74. The Morgan fingerprint density at radius 1 is 1.47 bits per heavy atom. The highest BCUT2D eigenvalue weighted by atomic mass is 32.2. The van der Waals surface area contributed by atoms with E-state index in [-0.39, 0.29) is 17.5 Å². The molecule has 0 amide bonds. The molecule has 1 saturated heterocycles. The number of nitrogens with one attached hydrogen (secondary N) is 1. The van der Waals surface area contributed by atoms with Crippen molar-refractivity contribution in [2.24, 2.45) is 7.05 Å². The van der Waals surface area contributed by atoms with Crippen LogP contribution in [0.3, 0.4) is 0 Å². The molecule has 0 aliphatic carbocycles. The van der Waals surface area contributed by atoms with E-state index in [9.17, 15) is 8.42 Å². The van der Waals surface area contributed by atoms with Gasteiger partial charge in [0.05, 0.1) is 23.2 Å². The second-order valence-electron chi connectivity index (χ2n) is 4.75. The van der Waals surface area contributed by atoms with Crippen molar-refractivity contribution in [2.75, 3.05) is 34.8 Å². The van der Waals surface area contributed by atoms with Crippen molar-refractivity contribution in [3.05, 3.63) is 5.69 Å². The molecular weight excluding hydrogens is 240 g/mol. The lowest BCUT2D eigenvalue weighted by molar-refractivity contribution is 0.551. The first-order valence-electron chi connectivity index (χ1n) is 5.72. The Balaban J connectivity index is 2.03. The van der Waals surface area contributed by atoms with Crippen LogP contribution in [0.25, 0.3) is 0 Å². The van der Waals surface area contributed by atoms with Crippen molar-refractivity contribution in [1.82, 2.24) is 9.78 Å². The molecule has 17 heavy (non-hydrogen) atoms. The summed E-state index contributed by atoms with van der Waals surface area (Å²) in [6.07, 6.45) is 0. The Kier molecular flexibility index (Phi) is 2.16. The normalized spacial score (nSPS) is 26.0. The molecule has 3 rings (SSSR count). The average Bonchev–Trinajstić information content (AvgIpc) is 2.53. The number of anilines is 2. The van der Waals surface area contributed by atoms with Crippen molar-refractivity contribution in [1.29, 1.82) is 0 Å². The van der Waals surface area contributed by atoms with Crippen molar-refractivity contribution in [3.8, 4) is 0 Å². The van der Waals surface area contributed by atoms with E-state index in [0.717, 1.165) is 17.2 Å². The Labute approximate surface area is 101 Å². The molecule has 0 spiro atoms. The van der Waals surface area contributed by atoms with E-state index in [2.05, 4.69) is 15.3 Å². The summed E-state index contributed by atoms with van der Waals surface area (Å²) < 4.78 is 25.1. The molecule has 2 aliphatic rings. The van der Waals surface area contributed by atoms with E-state index < -0.39 is 9.84 Å². The van der Waals surface area contributed by atoms with Gasteiger partial charge in [-0.15, -0.1) is 0 Å². The monoisotopic (exact) mass is 256 g/mol. The van der Waals surface area contributed by atoms with E-state index >= 15 is 0 Å². The first kappa shape index (κ1) is 10.9. The summed E-state index contributed by atoms with van der Waals surface area (Å²) in [5, 5.41) is 7.68. The van der Waals surface area contributed by atoms with Gasteiger partial charge in [0.1, 0.15) is 5.69 Å². The topological polar surface area (TPSA) is 67.2 Å². The molecule has 7 heteroatoms. The summed E-state index contributed by atoms with van der Waals surface area (Å²) in [5.74, 6) is 1.50. The van der Waals surface area contributed by atoms with E-state index in [1.54, 1.807) is 0 Å². The highest BCUT2D eigenvalue weighted by Gasteiger charge is 2.37. The molecule has 6 nitrogen and oxygen atoms in total. The van der Waals surface area contributed by atoms with Gasteiger partial charge in [-0.1, -0.05) is 0 Å². The predicted molar refractivity (Wildman–Crippen MR) is 66.2 cm³/mol. The molecular formula is C10H16N4O2S. The number of hydrogen-bond acceptors (Lipinski definition) is 5. The highest BCUT2D eigenvalue weighted by Crippen LogP contribution is 2.35. The summed E-state index contributed by atoms with van der Waals surface area (Å²) in [7, 11) is -0.971. The zero-order valence-corrected chi connectivity index (χ0v) is 10.8. The third-order valence-corrected chi connectivity index (χ3v) is 5.21. The lowest BCUT2D eigenvalue weighted by Crippen LogP contribution is -2.54. The zero-order valence-electron chi connectivity index (χ0n) is 9.97. The van der Waals surface area contributed by atoms with Crippen molar-refractivity contribution in [2.45, 2.75) is 13.0 Å². The first-order valence-corrected chi connectivity index (χ1v) is 7.54. The van der Waals surface area contributed by atoms with E-state index in [0.29, 0.717) is 13.1 Å². The smallest absolute Gasteiger partial charge is 0.154 e. The minimum absolute atomic E-state index is 0.0380. The van der Waals surface area contributed by atoms with Crippen LogP contribution in [-0.2, 0) is 16.9 Å². The number of nitrogens with zero attached hydrogens (tertiary/aromatic N) is 3. The van der Waals surface area contributed by atoms with Crippen molar-refractivity contribution < 1.29 is 8.42 Å². The fraction of sp³-hybridized carbons (Fsp3) is 0.700. The van der Waals surface area contributed by atoms with Crippen LogP contribution in [0.2, 0.25) is 0 Å². The SMILES string of the molecule is Cc1nn(C)c2c1NCC1CS(=O)(=O)CCN21. The maximum absolute atomic E-state index is 11.6. The minimum atomic E-state index is -2.87. The van der Waals surface area contributed by atoms with Gasteiger partial charge in [0, 0.05) is 20.1 Å². The second-order valence-corrected chi connectivity index (χ2v) is 6.98. The second kappa shape index (κ2) is 3.38. The van der Waals surface area contributed by atoms with Gasteiger partial charge in [-0.05, 0) is 6.92 Å². The Hall–Kier alpha value is -1.24. The Morgan fingerprint density at radius 3 is 3.00 bits per heavy atom. The molecule has 0 saturated carbocycles. The number of rotatable bonds is 0. The van der Waals surface area contributed by atoms with Crippen LogP contribution >= 0.6 is 0 Å². The van der Waals surface area contributed by atoms with Crippen LogP contribution in [0.4, 0.5) is 11.5 Å². The van der Waals surface area contributed by atoms with E-state index in [1.165, 1.54) is 0 Å². The molecule has 1 N–H and O–H groups in total. The molecule has 2 aliphatic heterocycles. The summed E-state index contributed by atoms with van der Waals surface area (Å²) in [4.78, 5) is 2.17. The van der Waals surface area contributed by atoms with Gasteiger partial charge in [-0.3, -0.25) is 4.68 Å². The lowest BCUT2D eigenvalue weighted by Gasteiger charge is -2.40. The van der Waals surface area contributed by atoms with Crippen LogP contribution < -0.4 is 10.2 Å². The largest absolute Gasteiger partial charge is 0.378 e. The van der Waals surface area contributed by atoms with E-state index in [1.807, 2.05) is 18.7 Å². The van der Waals surface area contributed by atoms with E-state index in [4.69, 9.17) is 0 Å². The van der Waals surface area contributed by atoms with Gasteiger partial charge in [0.15, 0.2) is 15.7 Å². The maximum Gasteiger partial charge on any atom is 0.154 e. The van der Waals surface area contributed by atoms with Gasteiger partial charge in [-0.2, -0.15) is 5.10 Å². The zero-order chi connectivity index (χ0) is 12.2. The number of aryl methyl sites for hydroxylation is 2. The standard InChI is InChI=1S/C10H16N4O2S/c1-7-9-10(13(2)12-7)14-3-4-17(15,16)6-8(14)5-11-9/h8,11H,3-6H2,1-2H3. The van der Waals surface area contributed by atoms with Crippen molar-refractivity contribution >= 4 is 21.3 Å². The Morgan fingerprint density at radius 2 is 2.24 bits per heavy atom. The van der Waals surface area contributed by atoms with Crippen molar-refractivity contribution in [3.63, 3.8) is 0 Å². The first-order chi connectivity index (χ1) is 7.98. The summed E-state index contributed by atoms with van der Waals surface area (Å²) in [6, 6.07) is 0.0380. The quantitative estimate of drug-likeness (QED) is 0.694. The average molecular weight is 256 g/mol. The van der Waals surface area contributed by atoms with Gasteiger partial charge >= 0.3 is 0 Å². The Bertz CT molecular complexity index is 563. The molecule has 0 aromatic carbocycles. The lowest BCUT2D eigenvalue weighted by atomic mass is 10.2. The summed E-state index contributed by atoms with van der Waals surface area (Å²) in [6.45, 7) is 3.21. The van der Waals surface area contributed by atoms with Gasteiger partial charge in [0.25, 0.3) is 0 Å². The number of hydrogen-bond donors (Lipinski definition) is 1. The van der Waals surface area contributed by atoms with Gasteiger partial charge in [-0.25, -0.2) is 8.42 Å². The molecule has 1 aromatic heterocycles. The number of aromatic nitrogens is 2. The minimum Gasteiger partial charge on any atom is -0.378 e. The third kappa shape index (κ3) is 1.60. The molecule has 1 fully saturated rings. The van der Waals surface area contributed by atoms with Crippen LogP contribution in [0.15, 0.2) is 0 Å². The summed E-state index contributed by atoms with van der Waals surface area (Å²) >= 11 is 0. The highest BCUT2D eigenvalue weighted by molar-refractivity contribution is 7.91. The van der Waals surface area contributed by atoms with Crippen LogP contribution in [0, 0.1) is 6.92 Å². The third-order valence-electron chi connectivity index (χ3n) is 3.51. The van der Waals surface area contributed by atoms with Gasteiger partial charge < -0.3 is 10.2 Å². The molecule has 3 heterocycles. The van der Waals surface area contributed by atoms with Crippen LogP contribution in [-0.4, -0.2) is 48.8 Å². The fourth-order valence-corrected chi connectivity index (χ4v) is 4.26. The van der Waals surface area contributed by atoms with Gasteiger partial charge in [0.2, 0.25) is 0 Å². The molecule has 0 radical (unpaired) electrons. The molecule has 94 valence electrons. The molecule has 1 unspecified atom stereocenters. The van der Waals surface area contributed by atoms with Crippen LogP contribution in [0.1, 0.15) is 5.69 Å². The molecule has 1 aromatic rings. The number of sulfone groups is 1. The predicted octanol–water partition coefficient (Wildman–Crippen LogP) is -0.243. The molecule has 1 atom stereocenters. The summed E-state index contributed by atoms with van der Waals surface area (Å²) in [5.41, 5.74) is 2.01. The maximum atomic E-state index is 11.6. The molecule has 0 bridgehead atoms. The van der Waals surface area contributed by atoms with Crippen LogP contribution in [0.5, 0.6) is 0 Å². The number of fused-ring (bicyclic) bond motifs is 3.